The summed E-state index contributed by atoms with van der Waals surface area (Å²) in [6, 6.07) is 4.45. The van der Waals surface area contributed by atoms with Gasteiger partial charge in [0, 0.05) is 36.6 Å². The van der Waals surface area contributed by atoms with Crippen molar-refractivity contribution in [2.75, 3.05) is 26.2 Å². The van der Waals surface area contributed by atoms with Gasteiger partial charge in [0.1, 0.15) is 0 Å². The van der Waals surface area contributed by atoms with Gasteiger partial charge < -0.3 is 5.32 Å². The molecule has 1 N–H and O–H groups in total. The molecule has 0 bridgehead atoms. The lowest BCUT2D eigenvalue weighted by Crippen LogP contribution is -2.62. The van der Waals surface area contributed by atoms with Crippen LogP contribution in [0.5, 0.6) is 0 Å². The van der Waals surface area contributed by atoms with Crippen molar-refractivity contribution < 1.29 is 0 Å². The Morgan fingerprint density at radius 2 is 2.17 bits per heavy atom. The van der Waals surface area contributed by atoms with Crippen LogP contribution in [0.25, 0.3) is 0 Å². The highest BCUT2D eigenvalue weighted by atomic mass is 32.1. The molecule has 2 heterocycles. The lowest BCUT2D eigenvalue weighted by molar-refractivity contribution is 0.0288. The highest BCUT2D eigenvalue weighted by molar-refractivity contribution is 7.09. The van der Waals surface area contributed by atoms with Crippen LogP contribution in [-0.4, -0.2) is 36.6 Å². The largest absolute Gasteiger partial charge is 0.314 e. The second-order valence-electron chi connectivity index (χ2n) is 5.78. The summed E-state index contributed by atoms with van der Waals surface area (Å²) in [5.41, 5.74) is 0.494. The average Bonchev–Trinajstić information content (AvgIpc) is 2.92. The van der Waals surface area contributed by atoms with Crippen molar-refractivity contribution in [1.82, 2.24) is 10.2 Å². The van der Waals surface area contributed by atoms with Crippen LogP contribution in [0.1, 0.15) is 37.0 Å². The first-order valence-corrected chi connectivity index (χ1v) is 8.25. The van der Waals surface area contributed by atoms with E-state index in [0.29, 0.717) is 5.54 Å². The fourth-order valence-corrected chi connectivity index (χ4v) is 4.33. The zero-order valence-electron chi connectivity index (χ0n) is 11.2. The van der Waals surface area contributed by atoms with E-state index in [1.54, 1.807) is 4.88 Å². The van der Waals surface area contributed by atoms with Crippen LogP contribution in [0, 0.1) is 0 Å². The van der Waals surface area contributed by atoms with E-state index in [1.807, 2.05) is 11.3 Å². The van der Waals surface area contributed by atoms with E-state index in [-0.39, 0.29) is 0 Å². The van der Waals surface area contributed by atoms with E-state index in [4.69, 9.17) is 0 Å². The van der Waals surface area contributed by atoms with E-state index < -0.39 is 0 Å². The summed E-state index contributed by atoms with van der Waals surface area (Å²) in [5, 5.41) is 5.83. The molecule has 1 aliphatic heterocycles. The summed E-state index contributed by atoms with van der Waals surface area (Å²) in [6.07, 6.45) is 8.35. The standard InChI is InChI=1S/C15H24N2S/c1-2-7-15(8-3-1)13-16-9-11-17(15)10-6-14-5-4-12-18-14/h4-5,12,16H,1-3,6-11,13H2. The third-order valence-corrected chi connectivity index (χ3v) is 5.61. The van der Waals surface area contributed by atoms with Crippen LogP contribution in [0.15, 0.2) is 17.5 Å². The Hall–Kier alpha value is -0.380. The molecule has 0 radical (unpaired) electrons. The highest BCUT2D eigenvalue weighted by Crippen LogP contribution is 2.34. The number of piperazine rings is 1. The maximum atomic E-state index is 3.63. The van der Waals surface area contributed by atoms with Crippen molar-refractivity contribution in [3.05, 3.63) is 22.4 Å². The minimum absolute atomic E-state index is 0.494. The molecule has 100 valence electrons. The van der Waals surface area contributed by atoms with Gasteiger partial charge in [-0.3, -0.25) is 4.90 Å². The third-order valence-electron chi connectivity index (χ3n) is 4.68. The van der Waals surface area contributed by atoms with Gasteiger partial charge in [-0.05, 0) is 30.7 Å². The van der Waals surface area contributed by atoms with Crippen molar-refractivity contribution in [2.24, 2.45) is 0 Å². The Bertz CT molecular complexity index is 346. The zero-order valence-corrected chi connectivity index (χ0v) is 12.0. The van der Waals surface area contributed by atoms with Gasteiger partial charge in [0.25, 0.3) is 0 Å². The topological polar surface area (TPSA) is 15.3 Å². The molecule has 1 aromatic heterocycles. The number of rotatable bonds is 3. The number of hydrogen-bond acceptors (Lipinski definition) is 3. The number of nitrogens with zero attached hydrogens (tertiary/aromatic N) is 1. The average molecular weight is 264 g/mol. The maximum absolute atomic E-state index is 3.63. The molecule has 18 heavy (non-hydrogen) atoms. The van der Waals surface area contributed by atoms with Crippen molar-refractivity contribution in [1.29, 1.82) is 0 Å². The molecule has 0 aromatic carbocycles. The summed E-state index contributed by atoms with van der Waals surface area (Å²) < 4.78 is 0. The minimum atomic E-state index is 0.494. The molecule has 1 aliphatic carbocycles. The fourth-order valence-electron chi connectivity index (χ4n) is 3.64. The van der Waals surface area contributed by atoms with Crippen LogP contribution < -0.4 is 5.32 Å². The summed E-state index contributed by atoms with van der Waals surface area (Å²) in [4.78, 5) is 4.34. The molecule has 1 saturated heterocycles. The SMILES string of the molecule is c1csc(CCN2CCNCC23CCCCC3)c1. The van der Waals surface area contributed by atoms with Crippen molar-refractivity contribution in [3.8, 4) is 0 Å². The maximum Gasteiger partial charge on any atom is 0.0334 e. The summed E-state index contributed by atoms with van der Waals surface area (Å²) >= 11 is 1.90. The quantitative estimate of drug-likeness (QED) is 0.903. The molecular formula is C15H24N2S. The first-order chi connectivity index (χ1) is 8.89. The fraction of sp³-hybridized carbons (Fsp3) is 0.733. The van der Waals surface area contributed by atoms with Crippen LogP contribution in [0.4, 0.5) is 0 Å². The van der Waals surface area contributed by atoms with Gasteiger partial charge in [-0.15, -0.1) is 11.3 Å². The lowest BCUT2D eigenvalue weighted by Gasteiger charge is -2.50. The second-order valence-corrected chi connectivity index (χ2v) is 6.81. The second kappa shape index (κ2) is 5.72. The molecule has 3 heteroatoms. The molecule has 3 rings (SSSR count). The lowest BCUT2D eigenvalue weighted by atomic mass is 9.79. The predicted octanol–water partition coefficient (Wildman–Crippen LogP) is 2.90. The Balaban J connectivity index is 1.64. The smallest absolute Gasteiger partial charge is 0.0334 e. The molecule has 0 atom stereocenters. The van der Waals surface area contributed by atoms with Crippen LogP contribution in [0.3, 0.4) is 0 Å². The van der Waals surface area contributed by atoms with Crippen molar-refractivity contribution >= 4 is 11.3 Å². The van der Waals surface area contributed by atoms with Gasteiger partial charge in [-0.1, -0.05) is 25.3 Å². The van der Waals surface area contributed by atoms with Crippen molar-refractivity contribution in [3.63, 3.8) is 0 Å². The molecule has 2 fully saturated rings. The molecule has 1 saturated carbocycles. The van der Waals surface area contributed by atoms with E-state index in [1.165, 1.54) is 64.7 Å². The zero-order chi connectivity index (χ0) is 12.3. The van der Waals surface area contributed by atoms with Crippen LogP contribution in [0.2, 0.25) is 0 Å². The van der Waals surface area contributed by atoms with Crippen molar-refractivity contribution in [2.45, 2.75) is 44.1 Å². The highest BCUT2D eigenvalue weighted by Gasteiger charge is 2.39. The predicted molar refractivity (Wildman–Crippen MR) is 78.3 cm³/mol. The van der Waals surface area contributed by atoms with Gasteiger partial charge in [-0.2, -0.15) is 0 Å². The summed E-state index contributed by atoms with van der Waals surface area (Å²) in [7, 11) is 0. The molecule has 2 nitrogen and oxygen atoms in total. The molecule has 1 aromatic rings. The number of thiophene rings is 1. The van der Waals surface area contributed by atoms with Crippen LogP contribution in [-0.2, 0) is 6.42 Å². The Labute approximate surface area is 114 Å². The first kappa shape index (κ1) is 12.6. The molecular weight excluding hydrogens is 240 g/mol. The van der Waals surface area contributed by atoms with E-state index in [0.717, 1.165) is 0 Å². The van der Waals surface area contributed by atoms with E-state index in [2.05, 4.69) is 27.7 Å². The third kappa shape index (κ3) is 2.63. The number of nitrogens with one attached hydrogen (secondary N) is 1. The van der Waals surface area contributed by atoms with Gasteiger partial charge in [-0.25, -0.2) is 0 Å². The first-order valence-electron chi connectivity index (χ1n) is 7.37. The Morgan fingerprint density at radius 1 is 1.28 bits per heavy atom. The molecule has 2 aliphatic rings. The van der Waals surface area contributed by atoms with Gasteiger partial charge in [0.15, 0.2) is 0 Å². The Kier molecular flexibility index (Phi) is 4.02. The van der Waals surface area contributed by atoms with Gasteiger partial charge >= 0.3 is 0 Å². The molecule has 0 unspecified atom stereocenters. The molecule has 0 amide bonds. The van der Waals surface area contributed by atoms with E-state index in [9.17, 15) is 0 Å². The van der Waals surface area contributed by atoms with Crippen LogP contribution >= 0.6 is 11.3 Å². The summed E-state index contributed by atoms with van der Waals surface area (Å²) in [5.74, 6) is 0. The van der Waals surface area contributed by atoms with Gasteiger partial charge in [0.05, 0.1) is 0 Å². The molecule has 1 spiro atoms. The van der Waals surface area contributed by atoms with E-state index >= 15 is 0 Å². The summed E-state index contributed by atoms with van der Waals surface area (Å²) in [6.45, 7) is 4.89. The normalized spacial score (nSPS) is 24.4. The number of hydrogen-bond donors (Lipinski definition) is 1. The van der Waals surface area contributed by atoms with Gasteiger partial charge in [0.2, 0.25) is 0 Å². The minimum Gasteiger partial charge on any atom is -0.314 e. The Morgan fingerprint density at radius 3 is 2.94 bits per heavy atom. The monoisotopic (exact) mass is 264 g/mol.